The lowest BCUT2D eigenvalue weighted by Gasteiger charge is -2.07. The molecule has 0 aromatic heterocycles. The van der Waals surface area contributed by atoms with E-state index in [1.807, 2.05) is 22.6 Å². The third-order valence-electron chi connectivity index (χ3n) is 2.51. The van der Waals surface area contributed by atoms with Crippen LogP contribution in [-0.4, -0.2) is 13.0 Å². The molecule has 0 aliphatic heterocycles. The van der Waals surface area contributed by atoms with E-state index in [2.05, 4.69) is 5.32 Å². The van der Waals surface area contributed by atoms with Crippen molar-refractivity contribution in [2.75, 3.05) is 12.4 Å². The molecule has 0 radical (unpaired) electrons. The Balaban J connectivity index is 2.20. The Morgan fingerprint density at radius 2 is 2.05 bits per heavy atom. The molecule has 1 amide bonds. The number of hydrogen-bond acceptors (Lipinski definition) is 2. The van der Waals surface area contributed by atoms with E-state index in [0.717, 1.165) is 3.57 Å². The zero-order valence-corrected chi connectivity index (χ0v) is 12.3. The van der Waals surface area contributed by atoms with Crippen molar-refractivity contribution in [1.82, 2.24) is 0 Å². The van der Waals surface area contributed by atoms with Gasteiger partial charge in [-0.2, -0.15) is 0 Å². The van der Waals surface area contributed by atoms with Crippen molar-refractivity contribution >= 4 is 34.2 Å². The third kappa shape index (κ3) is 3.44. The molecule has 3 nitrogen and oxygen atoms in total. The maximum absolute atomic E-state index is 13.6. The first-order valence-electron chi connectivity index (χ1n) is 5.50. The summed E-state index contributed by atoms with van der Waals surface area (Å²) < 4.78 is 19.4. The number of hydrogen-bond donors (Lipinski definition) is 1. The number of anilines is 1. The van der Waals surface area contributed by atoms with Gasteiger partial charge >= 0.3 is 0 Å². The van der Waals surface area contributed by atoms with Gasteiger partial charge in [0.05, 0.1) is 12.8 Å². The van der Waals surface area contributed by atoms with Gasteiger partial charge in [-0.05, 0) is 59.0 Å². The number of ether oxygens (including phenoxy) is 1. The first-order valence-corrected chi connectivity index (χ1v) is 6.58. The monoisotopic (exact) mass is 371 g/mol. The highest BCUT2D eigenvalue weighted by Gasteiger charge is 2.10. The number of halogens is 2. The van der Waals surface area contributed by atoms with Crippen molar-refractivity contribution in [2.24, 2.45) is 0 Å². The van der Waals surface area contributed by atoms with Crippen molar-refractivity contribution in [3.63, 3.8) is 0 Å². The lowest BCUT2D eigenvalue weighted by atomic mass is 10.2. The molecule has 1 N–H and O–H groups in total. The molecule has 2 aromatic carbocycles. The Morgan fingerprint density at radius 3 is 2.74 bits per heavy atom. The topological polar surface area (TPSA) is 38.3 Å². The van der Waals surface area contributed by atoms with E-state index in [1.54, 1.807) is 30.3 Å². The SMILES string of the molecule is COc1cccc(C(=O)Nc2ccc(I)cc2F)c1. The number of carbonyl (C=O) groups is 1. The van der Waals surface area contributed by atoms with Crippen LogP contribution in [0.4, 0.5) is 10.1 Å². The number of rotatable bonds is 3. The van der Waals surface area contributed by atoms with Crippen molar-refractivity contribution < 1.29 is 13.9 Å². The Kier molecular flexibility index (Phi) is 4.36. The predicted molar refractivity (Wildman–Crippen MR) is 80.1 cm³/mol. The molecule has 2 rings (SSSR count). The lowest BCUT2D eigenvalue weighted by molar-refractivity contribution is 0.102. The molecule has 0 aliphatic rings. The summed E-state index contributed by atoms with van der Waals surface area (Å²) in [5.74, 6) is -0.252. The first kappa shape index (κ1) is 13.8. The second kappa shape index (κ2) is 6.01. The van der Waals surface area contributed by atoms with Crippen LogP contribution in [0, 0.1) is 9.39 Å². The molecule has 0 atom stereocenters. The van der Waals surface area contributed by atoms with Crippen LogP contribution in [0.2, 0.25) is 0 Å². The third-order valence-corrected chi connectivity index (χ3v) is 3.18. The first-order chi connectivity index (χ1) is 9.10. The average Bonchev–Trinajstić information content (AvgIpc) is 2.42. The van der Waals surface area contributed by atoms with E-state index in [9.17, 15) is 9.18 Å². The van der Waals surface area contributed by atoms with Gasteiger partial charge in [-0.3, -0.25) is 4.79 Å². The van der Waals surface area contributed by atoms with Gasteiger partial charge in [0.1, 0.15) is 11.6 Å². The van der Waals surface area contributed by atoms with Gasteiger partial charge in [-0.25, -0.2) is 4.39 Å². The summed E-state index contributed by atoms with van der Waals surface area (Å²) in [5, 5.41) is 2.53. The summed E-state index contributed by atoms with van der Waals surface area (Å²) in [4.78, 5) is 12.0. The van der Waals surface area contributed by atoms with Crippen LogP contribution in [0.15, 0.2) is 42.5 Å². The van der Waals surface area contributed by atoms with Crippen LogP contribution in [-0.2, 0) is 0 Å². The van der Waals surface area contributed by atoms with Crippen molar-refractivity contribution in [2.45, 2.75) is 0 Å². The van der Waals surface area contributed by atoms with Gasteiger partial charge in [0.15, 0.2) is 0 Å². The summed E-state index contributed by atoms with van der Waals surface area (Å²) >= 11 is 2.01. The molecule has 0 heterocycles. The van der Waals surface area contributed by atoms with Crippen LogP contribution >= 0.6 is 22.6 Å². The number of nitrogens with one attached hydrogen (secondary N) is 1. The highest BCUT2D eigenvalue weighted by atomic mass is 127. The summed E-state index contributed by atoms with van der Waals surface area (Å²) in [7, 11) is 1.52. The molecule has 5 heteroatoms. The quantitative estimate of drug-likeness (QED) is 0.836. The van der Waals surface area contributed by atoms with Crippen LogP contribution in [0.3, 0.4) is 0 Å². The number of methoxy groups -OCH3 is 1. The fourth-order valence-corrected chi connectivity index (χ4v) is 2.00. The molecule has 2 aromatic rings. The molecule has 0 saturated carbocycles. The van der Waals surface area contributed by atoms with Gasteiger partial charge in [-0.1, -0.05) is 6.07 Å². The van der Waals surface area contributed by atoms with E-state index in [1.165, 1.54) is 19.2 Å². The van der Waals surface area contributed by atoms with Gasteiger partial charge < -0.3 is 10.1 Å². The van der Waals surface area contributed by atoms with E-state index in [4.69, 9.17) is 4.74 Å². The minimum absolute atomic E-state index is 0.160. The molecule has 0 spiro atoms. The predicted octanol–water partition coefficient (Wildman–Crippen LogP) is 3.69. The second-order valence-electron chi connectivity index (χ2n) is 3.81. The number of benzene rings is 2. The number of carbonyl (C=O) groups excluding carboxylic acids is 1. The zero-order valence-electron chi connectivity index (χ0n) is 10.1. The molecule has 98 valence electrons. The Hall–Kier alpha value is -1.63. The fourth-order valence-electron chi connectivity index (χ4n) is 1.55. The summed E-state index contributed by atoms with van der Waals surface area (Å²) in [6.07, 6.45) is 0. The van der Waals surface area contributed by atoms with Gasteiger partial charge in [0.2, 0.25) is 0 Å². The Bertz CT molecular complexity index is 616. The molecule has 0 saturated heterocycles. The maximum atomic E-state index is 13.6. The molecular formula is C14H11FINO2. The van der Waals surface area contributed by atoms with Gasteiger partial charge in [0, 0.05) is 9.13 Å². The van der Waals surface area contributed by atoms with Gasteiger partial charge in [-0.15, -0.1) is 0 Å². The van der Waals surface area contributed by atoms with Crippen molar-refractivity contribution in [1.29, 1.82) is 0 Å². The molecule has 0 bridgehead atoms. The Labute approximate surface area is 123 Å². The van der Waals surface area contributed by atoms with Crippen molar-refractivity contribution in [3.05, 3.63) is 57.4 Å². The minimum atomic E-state index is -0.455. The van der Waals surface area contributed by atoms with E-state index in [-0.39, 0.29) is 11.6 Å². The summed E-state index contributed by atoms with van der Waals surface area (Å²) in [6, 6.07) is 11.3. The maximum Gasteiger partial charge on any atom is 0.255 e. The molecule has 19 heavy (non-hydrogen) atoms. The summed E-state index contributed by atoms with van der Waals surface area (Å²) in [6.45, 7) is 0. The van der Waals surface area contributed by atoms with Crippen LogP contribution in [0.25, 0.3) is 0 Å². The highest BCUT2D eigenvalue weighted by Crippen LogP contribution is 2.19. The Morgan fingerprint density at radius 1 is 1.26 bits per heavy atom. The fraction of sp³-hybridized carbons (Fsp3) is 0.0714. The lowest BCUT2D eigenvalue weighted by Crippen LogP contribution is -2.13. The molecule has 0 aliphatic carbocycles. The van der Waals surface area contributed by atoms with Crippen LogP contribution in [0.1, 0.15) is 10.4 Å². The molecular weight excluding hydrogens is 360 g/mol. The summed E-state index contributed by atoms with van der Waals surface area (Å²) in [5.41, 5.74) is 0.575. The zero-order chi connectivity index (χ0) is 13.8. The largest absolute Gasteiger partial charge is 0.497 e. The second-order valence-corrected chi connectivity index (χ2v) is 5.06. The standard InChI is InChI=1S/C14H11FINO2/c1-19-11-4-2-3-9(7-11)14(18)17-13-6-5-10(16)8-12(13)15/h2-8H,1H3,(H,17,18). The van der Waals surface area contributed by atoms with E-state index in [0.29, 0.717) is 11.3 Å². The molecule has 0 unspecified atom stereocenters. The molecule has 0 fully saturated rings. The number of amides is 1. The average molecular weight is 371 g/mol. The van der Waals surface area contributed by atoms with Crippen LogP contribution in [0.5, 0.6) is 5.75 Å². The van der Waals surface area contributed by atoms with Gasteiger partial charge in [0.25, 0.3) is 5.91 Å². The van der Waals surface area contributed by atoms with E-state index >= 15 is 0 Å². The normalized spacial score (nSPS) is 10.1. The smallest absolute Gasteiger partial charge is 0.255 e. The van der Waals surface area contributed by atoms with E-state index < -0.39 is 5.82 Å². The highest BCUT2D eigenvalue weighted by molar-refractivity contribution is 14.1. The van der Waals surface area contributed by atoms with Crippen LogP contribution < -0.4 is 10.1 Å². The van der Waals surface area contributed by atoms with Crippen molar-refractivity contribution in [3.8, 4) is 5.75 Å². The minimum Gasteiger partial charge on any atom is -0.497 e.